The Labute approximate surface area is 66.2 Å². The molecule has 1 atom stereocenters. The second-order valence-electron chi connectivity index (χ2n) is 2.19. The van der Waals surface area contributed by atoms with Gasteiger partial charge in [0, 0.05) is 6.61 Å². The largest absolute Gasteiger partial charge is 0.396 e. The fraction of sp³-hybridized carbons (Fsp3) is 1.00. The number of aliphatic hydroxyl groups is 1. The second kappa shape index (κ2) is 4.66. The zero-order valence-corrected chi connectivity index (χ0v) is 7.13. The van der Waals surface area contributed by atoms with Gasteiger partial charge < -0.3 is 5.11 Å². The molecule has 0 saturated carbocycles. The molecule has 0 radical (unpaired) electrons. The maximum atomic E-state index is 10.4. The number of hydrogen-bond acceptors (Lipinski definition) is 4. The Hall–Kier alpha value is -0.170. The van der Waals surface area contributed by atoms with Gasteiger partial charge >= 0.3 is 0 Å². The highest BCUT2D eigenvalue weighted by atomic mass is 32.2. The molecule has 6 heteroatoms. The van der Waals surface area contributed by atoms with Gasteiger partial charge in [0.1, 0.15) is 5.37 Å². The van der Waals surface area contributed by atoms with Crippen LogP contribution >= 0.6 is 0 Å². The van der Waals surface area contributed by atoms with E-state index >= 15 is 0 Å². The summed E-state index contributed by atoms with van der Waals surface area (Å²) in [6.45, 7) is 1.72. The molecule has 0 fully saturated rings. The number of nitrogens with one attached hydrogen (secondary N) is 1. The standard InChI is InChI=1S/C5H13NO4S/c1-5(11(8,9)10)6-3-2-4-7/h5-7H,2-4H2,1H3,(H,8,9,10). The summed E-state index contributed by atoms with van der Waals surface area (Å²) in [4.78, 5) is 0. The maximum absolute atomic E-state index is 10.4. The monoisotopic (exact) mass is 183 g/mol. The Bertz CT molecular complexity index is 189. The Balaban J connectivity index is 3.62. The first kappa shape index (κ1) is 10.8. The van der Waals surface area contributed by atoms with E-state index in [-0.39, 0.29) is 6.61 Å². The molecule has 68 valence electrons. The summed E-state index contributed by atoms with van der Waals surface area (Å²) in [6, 6.07) is 0. The SMILES string of the molecule is CC(NCCCO)S(=O)(=O)O. The van der Waals surface area contributed by atoms with Crippen molar-refractivity contribution >= 4 is 10.1 Å². The molecular weight excluding hydrogens is 170 g/mol. The van der Waals surface area contributed by atoms with E-state index < -0.39 is 15.5 Å². The van der Waals surface area contributed by atoms with Crippen LogP contribution in [0, 0.1) is 0 Å². The number of hydrogen-bond donors (Lipinski definition) is 3. The molecule has 0 spiro atoms. The van der Waals surface area contributed by atoms with Crippen molar-refractivity contribution in [3.8, 4) is 0 Å². The first-order valence-corrected chi connectivity index (χ1v) is 4.79. The molecule has 3 N–H and O–H groups in total. The molecule has 0 bridgehead atoms. The summed E-state index contributed by atoms with van der Waals surface area (Å²) in [6.07, 6.45) is 0.472. The molecule has 0 saturated heterocycles. The summed E-state index contributed by atoms with van der Waals surface area (Å²) < 4.78 is 29.1. The van der Waals surface area contributed by atoms with E-state index in [1.54, 1.807) is 0 Å². The van der Waals surface area contributed by atoms with Gasteiger partial charge in [0.25, 0.3) is 10.1 Å². The highest BCUT2D eigenvalue weighted by Crippen LogP contribution is 1.91. The molecular formula is C5H13NO4S. The van der Waals surface area contributed by atoms with Crippen molar-refractivity contribution in [1.29, 1.82) is 0 Å². The zero-order chi connectivity index (χ0) is 8.91. The molecule has 0 aliphatic carbocycles. The van der Waals surface area contributed by atoms with E-state index in [0.717, 1.165) is 0 Å². The van der Waals surface area contributed by atoms with Gasteiger partial charge in [-0.2, -0.15) is 8.42 Å². The lowest BCUT2D eigenvalue weighted by atomic mass is 10.4. The Morgan fingerprint density at radius 3 is 2.45 bits per heavy atom. The highest BCUT2D eigenvalue weighted by molar-refractivity contribution is 7.86. The van der Waals surface area contributed by atoms with E-state index in [2.05, 4.69) is 5.32 Å². The van der Waals surface area contributed by atoms with E-state index in [9.17, 15) is 8.42 Å². The zero-order valence-electron chi connectivity index (χ0n) is 6.32. The van der Waals surface area contributed by atoms with Gasteiger partial charge in [-0.05, 0) is 19.9 Å². The smallest absolute Gasteiger partial charge is 0.280 e. The Morgan fingerprint density at radius 2 is 2.09 bits per heavy atom. The molecule has 0 rings (SSSR count). The fourth-order valence-corrected chi connectivity index (χ4v) is 0.818. The molecule has 11 heavy (non-hydrogen) atoms. The molecule has 0 aromatic carbocycles. The van der Waals surface area contributed by atoms with Crippen LogP contribution in [0.25, 0.3) is 0 Å². The molecule has 0 aliphatic rings. The minimum atomic E-state index is -3.98. The van der Waals surface area contributed by atoms with Crippen LogP contribution in [0.15, 0.2) is 0 Å². The minimum Gasteiger partial charge on any atom is -0.396 e. The van der Waals surface area contributed by atoms with Crippen LogP contribution < -0.4 is 5.32 Å². The van der Waals surface area contributed by atoms with Crippen molar-refractivity contribution in [3.05, 3.63) is 0 Å². The molecule has 1 unspecified atom stereocenters. The second-order valence-corrected chi connectivity index (χ2v) is 3.93. The molecule has 0 heterocycles. The minimum absolute atomic E-state index is 0.00515. The first-order valence-electron chi connectivity index (χ1n) is 3.29. The van der Waals surface area contributed by atoms with E-state index in [1.165, 1.54) is 6.92 Å². The van der Waals surface area contributed by atoms with Crippen LogP contribution in [0.4, 0.5) is 0 Å². The number of aliphatic hydroxyl groups excluding tert-OH is 1. The van der Waals surface area contributed by atoms with Gasteiger partial charge in [0.2, 0.25) is 0 Å². The highest BCUT2D eigenvalue weighted by Gasteiger charge is 2.14. The Morgan fingerprint density at radius 1 is 1.55 bits per heavy atom. The van der Waals surface area contributed by atoms with Gasteiger partial charge in [-0.3, -0.25) is 9.87 Å². The van der Waals surface area contributed by atoms with Crippen molar-refractivity contribution in [1.82, 2.24) is 5.32 Å². The van der Waals surface area contributed by atoms with E-state index in [0.29, 0.717) is 13.0 Å². The molecule has 0 aromatic heterocycles. The van der Waals surface area contributed by atoms with Crippen LogP contribution in [-0.2, 0) is 10.1 Å². The predicted molar refractivity (Wildman–Crippen MR) is 40.7 cm³/mol. The van der Waals surface area contributed by atoms with Gasteiger partial charge in [0.15, 0.2) is 0 Å². The van der Waals surface area contributed by atoms with Crippen LogP contribution in [0.3, 0.4) is 0 Å². The van der Waals surface area contributed by atoms with E-state index in [1.807, 2.05) is 0 Å². The van der Waals surface area contributed by atoms with Crippen molar-refractivity contribution in [2.24, 2.45) is 0 Å². The van der Waals surface area contributed by atoms with Gasteiger partial charge in [-0.15, -0.1) is 0 Å². The third-order valence-electron chi connectivity index (χ3n) is 1.21. The van der Waals surface area contributed by atoms with Crippen LogP contribution in [0.1, 0.15) is 13.3 Å². The third kappa shape index (κ3) is 5.14. The lowest BCUT2D eigenvalue weighted by Crippen LogP contribution is -2.34. The average Bonchev–Trinajstić information content (AvgIpc) is 1.86. The van der Waals surface area contributed by atoms with Crippen LogP contribution in [-0.4, -0.2) is 36.6 Å². The fourth-order valence-electron chi connectivity index (χ4n) is 0.490. The van der Waals surface area contributed by atoms with Crippen molar-refractivity contribution < 1.29 is 18.1 Å². The summed E-state index contributed by atoms with van der Waals surface area (Å²) in [5, 5.41) is 9.89. The topological polar surface area (TPSA) is 86.6 Å². The maximum Gasteiger partial charge on any atom is 0.280 e. The predicted octanol–water partition coefficient (Wildman–Crippen LogP) is -0.808. The quantitative estimate of drug-likeness (QED) is 0.383. The lowest BCUT2D eigenvalue weighted by Gasteiger charge is -2.08. The first-order chi connectivity index (χ1) is 4.98. The van der Waals surface area contributed by atoms with Gasteiger partial charge in [-0.25, -0.2) is 0 Å². The van der Waals surface area contributed by atoms with Crippen LogP contribution in [0.5, 0.6) is 0 Å². The molecule has 0 aromatic rings. The van der Waals surface area contributed by atoms with Gasteiger partial charge in [0.05, 0.1) is 0 Å². The van der Waals surface area contributed by atoms with Crippen molar-refractivity contribution in [3.63, 3.8) is 0 Å². The summed E-state index contributed by atoms with van der Waals surface area (Å²) >= 11 is 0. The van der Waals surface area contributed by atoms with E-state index in [4.69, 9.17) is 9.66 Å². The van der Waals surface area contributed by atoms with Crippen molar-refractivity contribution in [2.45, 2.75) is 18.7 Å². The average molecular weight is 183 g/mol. The molecule has 0 aliphatic heterocycles. The lowest BCUT2D eigenvalue weighted by molar-refractivity contribution is 0.285. The summed E-state index contributed by atoms with van der Waals surface area (Å²) in [5.74, 6) is 0. The van der Waals surface area contributed by atoms with Crippen LogP contribution in [0.2, 0.25) is 0 Å². The number of rotatable bonds is 5. The summed E-state index contributed by atoms with van der Waals surface area (Å²) in [5.41, 5.74) is 0. The molecule has 5 nitrogen and oxygen atoms in total. The van der Waals surface area contributed by atoms with Crippen molar-refractivity contribution in [2.75, 3.05) is 13.2 Å². The van der Waals surface area contributed by atoms with Gasteiger partial charge in [-0.1, -0.05) is 0 Å². The normalized spacial score (nSPS) is 14.8. The Kier molecular flexibility index (Phi) is 4.58. The molecule has 0 amide bonds. The summed E-state index contributed by atoms with van der Waals surface area (Å²) in [7, 11) is -3.98. The third-order valence-corrected chi connectivity index (χ3v) is 2.27.